The van der Waals surface area contributed by atoms with Crippen molar-refractivity contribution in [3.63, 3.8) is 0 Å². The first-order valence-corrected chi connectivity index (χ1v) is 7.05. The number of ether oxygens (including phenoxy) is 1. The van der Waals surface area contributed by atoms with Gasteiger partial charge in [0.25, 0.3) is 0 Å². The molecule has 0 aromatic heterocycles. The molecule has 5 nitrogen and oxygen atoms in total. The van der Waals surface area contributed by atoms with Crippen LogP contribution in [0.3, 0.4) is 0 Å². The number of thioether (sulfide) groups is 1. The summed E-state index contributed by atoms with van der Waals surface area (Å²) < 4.78 is 4.54. The fraction of sp³-hybridized carbons (Fsp3) is 0.818. The SMILES string of the molecule is COC(=O)CCCCCNC(=O)C1CSCN1.Cl. The Kier molecular flexibility index (Phi) is 10.2. The fourth-order valence-electron chi connectivity index (χ4n) is 1.57. The topological polar surface area (TPSA) is 67.4 Å². The molecule has 1 aliphatic rings. The molecular weight excluding hydrogens is 276 g/mol. The van der Waals surface area contributed by atoms with E-state index >= 15 is 0 Å². The molecule has 106 valence electrons. The van der Waals surface area contributed by atoms with Gasteiger partial charge in [0.15, 0.2) is 0 Å². The number of esters is 1. The average Bonchev–Trinajstić information content (AvgIpc) is 2.86. The van der Waals surface area contributed by atoms with E-state index in [1.807, 2.05) is 0 Å². The van der Waals surface area contributed by atoms with Gasteiger partial charge in [0.2, 0.25) is 5.91 Å². The largest absolute Gasteiger partial charge is 0.469 e. The van der Waals surface area contributed by atoms with Crippen molar-refractivity contribution in [2.24, 2.45) is 0 Å². The molecule has 1 rings (SSSR count). The number of nitrogens with one attached hydrogen (secondary N) is 2. The van der Waals surface area contributed by atoms with Gasteiger partial charge in [-0.15, -0.1) is 24.2 Å². The van der Waals surface area contributed by atoms with Crippen molar-refractivity contribution in [1.29, 1.82) is 0 Å². The standard InChI is InChI=1S/C11H20N2O3S.ClH/c1-16-10(14)5-3-2-4-6-12-11(15)9-7-17-8-13-9;/h9,13H,2-8H2,1H3,(H,12,15);1H. The molecule has 0 radical (unpaired) electrons. The molecule has 1 unspecified atom stereocenters. The highest BCUT2D eigenvalue weighted by molar-refractivity contribution is 7.99. The number of carbonyl (C=O) groups excluding carboxylic acids is 2. The molecule has 0 aromatic rings. The van der Waals surface area contributed by atoms with E-state index in [2.05, 4.69) is 15.4 Å². The van der Waals surface area contributed by atoms with E-state index in [1.165, 1.54) is 7.11 Å². The Labute approximate surface area is 118 Å². The third kappa shape index (κ3) is 7.08. The van der Waals surface area contributed by atoms with Crippen LogP contribution in [0.2, 0.25) is 0 Å². The highest BCUT2D eigenvalue weighted by atomic mass is 35.5. The minimum Gasteiger partial charge on any atom is -0.469 e. The molecule has 1 aliphatic heterocycles. The van der Waals surface area contributed by atoms with Gasteiger partial charge in [-0.1, -0.05) is 6.42 Å². The molecule has 2 N–H and O–H groups in total. The van der Waals surface area contributed by atoms with Crippen molar-refractivity contribution in [1.82, 2.24) is 10.6 Å². The molecule has 1 amide bonds. The first kappa shape index (κ1) is 17.5. The maximum absolute atomic E-state index is 11.6. The lowest BCUT2D eigenvalue weighted by Gasteiger charge is -2.09. The number of hydrogen-bond acceptors (Lipinski definition) is 5. The Bertz CT molecular complexity index is 261. The summed E-state index contributed by atoms with van der Waals surface area (Å²) in [5.41, 5.74) is 0. The molecule has 1 fully saturated rings. The Morgan fingerprint density at radius 3 is 2.78 bits per heavy atom. The summed E-state index contributed by atoms with van der Waals surface area (Å²) in [6.45, 7) is 0.683. The van der Waals surface area contributed by atoms with Gasteiger partial charge in [0, 0.05) is 24.6 Å². The van der Waals surface area contributed by atoms with Crippen molar-refractivity contribution < 1.29 is 14.3 Å². The quantitative estimate of drug-likeness (QED) is 0.540. The van der Waals surface area contributed by atoms with Crippen LogP contribution in [0.15, 0.2) is 0 Å². The van der Waals surface area contributed by atoms with Gasteiger partial charge in [-0.3, -0.25) is 14.9 Å². The molecule has 0 bridgehead atoms. The fourth-order valence-corrected chi connectivity index (χ4v) is 2.51. The second kappa shape index (κ2) is 10.5. The van der Waals surface area contributed by atoms with E-state index in [0.717, 1.165) is 30.9 Å². The first-order valence-electron chi connectivity index (χ1n) is 5.89. The van der Waals surface area contributed by atoms with Crippen LogP contribution in [0.5, 0.6) is 0 Å². The smallest absolute Gasteiger partial charge is 0.305 e. The number of halogens is 1. The predicted octanol–water partition coefficient (Wildman–Crippen LogP) is 0.920. The summed E-state index contributed by atoms with van der Waals surface area (Å²) in [5.74, 6) is 1.63. The number of methoxy groups -OCH3 is 1. The van der Waals surface area contributed by atoms with Gasteiger partial charge in [-0.05, 0) is 12.8 Å². The summed E-state index contributed by atoms with van der Waals surface area (Å²) in [6.07, 6.45) is 3.12. The molecule has 7 heteroatoms. The van der Waals surface area contributed by atoms with Gasteiger partial charge in [-0.25, -0.2) is 0 Å². The highest BCUT2D eigenvalue weighted by Crippen LogP contribution is 2.09. The monoisotopic (exact) mass is 296 g/mol. The summed E-state index contributed by atoms with van der Waals surface area (Å²) in [6, 6.07) is -0.0323. The molecule has 1 atom stereocenters. The Morgan fingerprint density at radius 1 is 1.39 bits per heavy atom. The van der Waals surface area contributed by atoms with Crippen LogP contribution >= 0.6 is 24.2 Å². The van der Waals surface area contributed by atoms with Gasteiger partial charge in [-0.2, -0.15) is 0 Å². The molecule has 0 spiro atoms. The number of carbonyl (C=O) groups is 2. The van der Waals surface area contributed by atoms with Crippen LogP contribution in [-0.2, 0) is 14.3 Å². The van der Waals surface area contributed by atoms with Crippen LogP contribution in [-0.4, -0.2) is 43.2 Å². The van der Waals surface area contributed by atoms with Crippen molar-refractivity contribution in [2.75, 3.05) is 25.3 Å². The number of unbranched alkanes of at least 4 members (excludes halogenated alkanes) is 2. The lowest BCUT2D eigenvalue weighted by molar-refractivity contribution is -0.140. The van der Waals surface area contributed by atoms with Crippen LogP contribution in [0.25, 0.3) is 0 Å². The molecular formula is C11H21ClN2O3S. The van der Waals surface area contributed by atoms with E-state index < -0.39 is 0 Å². The van der Waals surface area contributed by atoms with Crippen molar-refractivity contribution in [2.45, 2.75) is 31.7 Å². The van der Waals surface area contributed by atoms with Crippen LogP contribution in [0.4, 0.5) is 0 Å². The van der Waals surface area contributed by atoms with Gasteiger partial charge in [0.05, 0.1) is 13.2 Å². The van der Waals surface area contributed by atoms with Gasteiger partial charge in [0.1, 0.15) is 0 Å². The normalized spacial score (nSPS) is 17.9. The summed E-state index contributed by atoms with van der Waals surface area (Å²) in [5, 5.41) is 6.02. The van der Waals surface area contributed by atoms with Crippen LogP contribution in [0, 0.1) is 0 Å². The third-order valence-electron chi connectivity index (χ3n) is 2.62. The first-order chi connectivity index (χ1) is 8.24. The minimum absolute atomic E-state index is 0. The predicted molar refractivity (Wildman–Crippen MR) is 75.0 cm³/mol. The van der Waals surface area contributed by atoms with Gasteiger partial charge >= 0.3 is 5.97 Å². The van der Waals surface area contributed by atoms with Crippen molar-refractivity contribution >= 4 is 36.0 Å². The minimum atomic E-state index is -0.166. The molecule has 1 saturated heterocycles. The lowest BCUT2D eigenvalue weighted by Crippen LogP contribution is -2.42. The van der Waals surface area contributed by atoms with E-state index in [0.29, 0.717) is 13.0 Å². The maximum Gasteiger partial charge on any atom is 0.305 e. The second-order valence-corrected chi connectivity index (χ2v) is 4.98. The van der Waals surface area contributed by atoms with E-state index in [1.54, 1.807) is 11.8 Å². The molecule has 0 saturated carbocycles. The summed E-state index contributed by atoms with van der Waals surface area (Å²) in [4.78, 5) is 22.4. The number of hydrogen-bond donors (Lipinski definition) is 2. The Balaban J connectivity index is 0.00000289. The van der Waals surface area contributed by atoms with Crippen LogP contribution in [0.1, 0.15) is 25.7 Å². The highest BCUT2D eigenvalue weighted by Gasteiger charge is 2.21. The maximum atomic E-state index is 11.6. The zero-order valence-corrected chi connectivity index (χ0v) is 12.2. The summed E-state index contributed by atoms with van der Waals surface area (Å²) >= 11 is 1.74. The van der Waals surface area contributed by atoms with E-state index in [9.17, 15) is 9.59 Å². The molecule has 1 heterocycles. The zero-order valence-electron chi connectivity index (χ0n) is 10.6. The molecule has 0 aromatic carbocycles. The van der Waals surface area contributed by atoms with E-state index in [4.69, 9.17) is 0 Å². The molecule has 0 aliphatic carbocycles. The van der Waals surface area contributed by atoms with Crippen LogP contribution < -0.4 is 10.6 Å². The zero-order chi connectivity index (χ0) is 12.5. The van der Waals surface area contributed by atoms with Crippen molar-refractivity contribution in [3.05, 3.63) is 0 Å². The summed E-state index contributed by atoms with van der Waals surface area (Å²) in [7, 11) is 1.40. The van der Waals surface area contributed by atoms with Gasteiger partial charge < -0.3 is 10.1 Å². The number of rotatable bonds is 7. The number of amides is 1. The van der Waals surface area contributed by atoms with E-state index in [-0.39, 0.29) is 30.3 Å². The Hall–Kier alpha value is -0.460. The van der Waals surface area contributed by atoms with Crippen molar-refractivity contribution in [3.8, 4) is 0 Å². The third-order valence-corrected chi connectivity index (χ3v) is 3.56. The average molecular weight is 297 g/mol. The Morgan fingerprint density at radius 2 is 2.17 bits per heavy atom. The second-order valence-electron chi connectivity index (χ2n) is 3.95. The lowest BCUT2D eigenvalue weighted by atomic mass is 10.2. The molecule has 18 heavy (non-hydrogen) atoms.